The lowest BCUT2D eigenvalue weighted by Gasteiger charge is -2.33. The Morgan fingerprint density at radius 2 is 1.66 bits per heavy atom. The maximum atomic E-state index is 12.7. The summed E-state index contributed by atoms with van der Waals surface area (Å²) < 4.78 is 11.0. The van der Waals surface area contributed by atoms with Crippen LogP contribution in [0, 0.1) is 5.92 Å². The molecule has 1 N–H and O–H groups in total. The van der Waals surface area contributed by atoms with E-state index in [0.717, 1.165) is 5.75 Å². The number of piperidine rings is 1. The highest BCUT2D eigenvalue weighted by Crippen LogP contribution is 2.26. The first-order chi connectivity index (χ1) is 15.2. The second kappa shape index (κ2) is 10.2. The minimum Gasteiger partial charge on any atom is -0.494 e. The van der Waals surface area contributed by atoms with Gasteiger partial charge in [0.25, 0.3) is 5.91 Å². The lowest BCUT2D eigenvalue weighted by atomic mass is 10.0. The third-order valence-corrected chi connectivity index (χ3v) is 6.00. The second-order valence-electron chi connectivity index (χ2n) is 9.43. The number of benzene rings is 1. The van der Waals surface area contributed by atoms with Gasteiger partial charge in [0.15, 0.2) is 6.61 Å². The molecule has 8 nitrogen and oxygen atoms in total. The summed E-state index contributed by atoms with van der Waals surface area (Å²) in [5.74, 6) is 0.997. The third kappa shape index (κ3) is 6.14. The fraction of sp³-hybridized carbons (Fsp3) is 0.625. The third-order valence-electron chi connectivity index (χ3n) is 6.00. The highest BCUT2D eigenvalue weighted by molar-refractivity contribution is 5.89. The van der Waals surface area contributed by atoms with Crippen LogP contribution in [0.4, 0.5) is 0 Å². The molecule has 2 heterocycles. The zero-order chi connectivity index (χ0) is 23.3. The van der Waals surface area contributed by atoms with Crippen LogP contribution in [0.3, 0.4) is 0 Å². The predicted octanol–water partition coefficient (Wildman–Crippen LogP) is 2.22. The maximum absolute atomic E-state index is 12.7. The van der Waals surface area contributed by atoms with Crippen LogP contribution < -0.4 is 14.8 Å². The molecule has 0 bridgehead atoms. The minimum absolute atomic E-state index is 0.0160. The molecule has 2 aliphatic rings. The van der Waals surface area contributed by atoms with E-state index in [1.54, 1.807) is 21.9 Å². The Kier molecular flexibility index (Phi) is 7.64. The lowest BCUT2D eigenvalue weighted by molar-refractivity contribution is -0.135. The summed E-state index contributed by atoms with van der Waals surface area (Å²) in [6.07, 6.45) is 1.66. The summed E-state index contributed by atoms with van der Waals surface area (Å²) >= 11 is 0. The number of ether oxygens (including phenoxy) is 2. The molecule has 0 aromatic heterocycles. The number of likely N-dealkylation sites (tertiary alicyclic amines) is 2. The average Bonchev–Trinajstić information content (AvgIpc) is 3.16. The molecule has 3 amide bonds. The van der Waals surface area contributed by atoms with Crippen LogP contribution in [0.5, 0.6) is 11.5 Å². The Labute approximate surface area is 190 Å². The van der Waals surface area contributed by atoms with Gasteiger partial charge in [0.1, 0.15) is 11.5 Å². The van der Waals surface area contributed by atoms with Crippen LogP contribution in [0.2, 0.25) is 0 Å². The van der Waals surface area contributed by atoms with Gasteiger partial charge >= 0.3 is 0 Å². The van der Waals surface area contributed by atoms with Gasteiger partial charge < -0.3 is 24.6 Å². The summed E-state index contributed by atoms with van der Waals surface area (Å²) in [7, 11) is 0. The fourth-order valence-electron chi connectivity index (χ4n) is 4.16. The Balaban J connectivity index is 1.39. The first-order valence-electron chi connectivity index (χ1n) is 11.4. The van der Waals surface area contributed by atoms with Crippen LogP contribution in [0.25, 0.3) is 0 Å². The number of nitrogens with zero attached hydrogens (tertiary/aromatic N) is 2. The smallest absolute Gasteiger partial charge is 0.260 e. The molecule has 1 aromatic carbocycles. The van der Waals surface area contributed by atoms with E-state index < -0.39 is 0 Å². The van der Waals surface area contributed by atoms with E-state index in [4.69, 9.17) is 9.47 Å². The molecule has 1 aromatic rings. The number of nitrogens with one attached hydrogen (secondary N) is 1. The Bertz CT molecular complexity index is 810. The average molecular weight is 446 g/mol. The van der Waals surface area contributed by atoms with E-state index in [0.29, 0.717) is 44.8 Å². The topological polar surface area (TPSA) is 88.2 Å². The van der Waals surface area contributed by atoms with Gasteiger partial charge in [-0.2, -0.15) is 0 Å². The molecule has 1 unspecified atom stereocenters. The first kappa shape index (κ1) is 23.9. The molecular formula is C24H35N3O5. The molecule has 2 fully saturated rings. The zero-order valence-corrected chi connectivity index (χ0v) is 19.6. The van der Waals surface area contributed by atoms with E-state index in [2.05, 4.69) is 5.32 Å². The largest absolute Gasteiger partial charge is 0.494 e. The van der Waals surface area contributed by atoms with Crippen LogP contribution in [-0.4, -0.2) is 72.0 Å². The number of rotatable bonds is 7. The maximum Gasteiger partial charge on any atom is 0.260 e. The van der Waals surface area contributed by atoms with Crippen molar-refractivity contribution in [2.24, 2.45) is 5.92 Å². The highest BCUT2D eigenvalue weighted by atomic mass is 16.5. The molecular weight excluding hydrogens is 410 g/mol. The summed E-state index contributed by atoms with van der Waals surface area (Å²) in [5, 5.41) is 3.09. The summed E-state index contributed by atoms with van der Waals surface area (Å²) in [4.78, 5) is 41.0. The van der Waals surface area contributed by atoms with E-state index in [9.17, 15) is 14.4 Å². The van der Waals surface area contributed by atoms with Crippen molar-refractivity contribution in [3.63, 3.8) is 0 Å². The van der Waals surface area contributed by atoms with Crippen molar-refractivity contribution in [2.45, 2.75) is 58.5 Å². The van der Waals surface area contributed by atoms with E-state index >= 15 is 0 Å². The van der Waals surface area contributed by atoms with Gasteiger partial charge in [-0.25, -0.2) is 0 Å². The SMILES string of the molecule is CCOc1ccc(OCC(=O)N2CCC(NC(=O)C3CC(=O)N(C(C)(C)C)C3)CC2)cc1. The standard InChI is InChI=1S/C24H35N3O5/c1-5-31-19-6-8-20(9-7-19)32-16-22(29)26-12-10-18(11-13-26)25-23(30)17-14-21(28)27(15-17)24(2,3)4/h6-9,17-18H,5,10-16H2,1-4H3,(H,25,30). The normalized spacial score (nSPS) is 19.8. The van der Waals surface area contributed by atoms with Crippen molar-refractivity contribution in [1.82, 2.24) is 15.1 Å². The number of amides is 3. The van der Waals surface area contributed by atoms with Crippen LogP contribution in [0.15, 0.2) is 24.3 Å². The van der Waals surface area contributed by atoms with Gasteiger partial charge in [-0.1, -0.05) is 0 Å². The van der Waals surface area contributed by atoms with Crippen molar-refractivity contribution < 1.29 is 23.9 Å². The highest BCUT2D eigenvalue weighted by Gasteiger charge is 2.40. The molecule has 8 heteroatoms. The van der Waals surface area contributed by atoms with Gasteiger partial charge in [0, 0.05) is 37.6 Å². The Morgan fingerprint density at radius 3 is 2.19 bits per heavy atom. The lowest BCUT2D eigenvalue weighted by Crippen LogP contribution is -2.49. The van der Waals surface area contributed by atoms with Gasteiger partial charge in [-0.3, -0.25) is 14.4 Å². The molecule has 0 aliphatic carbocycles. The Hall–Kier alpha value is -2.77. The van der Waals surface area contributed by atoms with Gasteiger partial charge in [-0.05, 0) is 64.8 Å². The Morgan fingerprint density at radius 1 is 1.06 bits per heavy atom. The van der Waals surface area contributed by atoms with E-state index in [-0.39, 0.29) is 48.2 Å². The summed E-state index contributed by atoms with van der Waals surface area (Å²) in [5.41, 5.74) is -0.273. The monoisotopic (exact) mass is 445 g/mol. The molecule has 0 spiro atoms. The number of carbonyl (C=O) groups is 3. The van der Waals surface area contributed by atoms with Crippen molar-refractivity contribution in [2.75, 3.05) is 32.8 Å². The van der Waals surface area contributed by atoms with Crippen molar-refractivity contribution in [3.8, 4) is 11.5 Å². The van der Waals surface area contributed by atoms with Crippen LogP contribution >= 0.6 is 0 Å². The fourth-order valence-corrected chi connectivity index (χ4v) is 4.16. The number of hydrogen-bond acceptors (Lipinski definition) is 5. The van der Waals surface area contributed by atoms with Crippen molar-refractivity contribution in [1.29, 1.82) is 0 Å². The van der Waals surface area contributed by atoms with Gasteiger partial charge in [0.05, 0.1) is 12.5 Å². The van der Waals surface area contributed by atoms with E-state index in [1.165, 1.54) is 0 Å². The minimum atomic E-state index is -0.302. The van der Waals surface area contributed by atoms with Gasteiger partial charge in [-0.15, -0.1) is 0 Å². The first-order valence-corrected chi connectivity index (χ1v) is 11.4. The van der Waals surface area contributed by atoms with Gasteiger partial charge in [0.2, 0.25) is 11.8 Å². The predicted molar refractivity (Wildman–Crippen MR) is 120 cm³/mol. The van der Waals surface area contributed by atoms with E-state index in [1.807, 2.05) is 39.8 Å². The number of carbonyl (C=O) groups excluding carboxylic acids is 3. The quantitative estimate of drug-likeness (QED) is 0.695. The molecule has 3 rings (SSSR count). The molecule has 176 valence electrons. The molecule has 2 aliphatic heterocycles. The molecule has 0 saturated carbocycles. The zero-order valence-electron chi connectivity index (χ0n) is 19.6. The number of hydrogen-bond donors (Lipinski definition) is 1. The molecule has 2 saturated heterocycles. The van der Waals surface area contributed by atoms with Crippen molar-refractivity contribution in [3.05, 3.63) is 24.3 Å². The van der Waals surface area contributed by atoms with Crippen LogP contribution in [-0.2, 0) is 14.4 Å². The second-order valence-corrected chi connectivity index (χ2v) is 9.43. The molecule has 32 heavy (non-hydrogen) atoms. The van der Waals surface area contributed by atoms with Crippen LogP contribution in [0.1, 0.15) is 47.0 Å². The molecule has 0 radical (unpaired) electrons. The summed E-state index contributed by atoms with van der Waals surface area (Å²) in [6, 6.07) is 7.23. The summed E-state index contributed by atoms with van der Waals surface area (Å²) in [6.45, 7) is 10.1. The molecule has 1 atom stereocenters. The van der Waals surface area contributed by atoms with Crippen molar-refractivity contribution >= 4 is 17.7 Å².